The molecular weight excluding hydrogens is 324 g/mol. The maximum atomic E-state index is 5.25. The summed E-state index contributed by atoms with van der Waals surface area (Å²) in [4.78, 5) is 8.92. The first-order valence-corrected chi connectivity index (χ1v) is 9.29. The van der Waals surface area contributed by atoms with Gasteiger partial charge < -0.3 is 14.6 Å². The molecule has 1 atom stereocenters. The van der Waals surface area contributed by atoms with Crippen LogP contribution < -0.4 is 10.1 Å². The first kappa shape index (κ1) is 15.8. The molecular formula is C16H22N6OS. The Balaban J connectivity index is 1.63. The van der Waals surface area contributed by atoms with Crippen LogP contribution in [0.2, 0.25) is 0 Å². The van der Waals surface area contributed by atoms with E-state index in [9.17, 15) is 0 Å². The van der Waals surface area contributed by atoms with Gasteiger partial charge in [0.2, 0.25) is 5.88 Å². The Morgan fingerprint density at radius 3 is 2.83 bits per heavy atom. The van der Waals surface area contributed by atoms with Crippen molar-refractivity contribution in [1.29, 1.82) is 0 Å². The summed E-state index contributed by atoms with van der Waals surface area (Å²) in [6.45, 7) is 4.04. The van der Waals surface area contributed by atoms with Crippen LogP contribution in [0.3, 0.4) is 0 Å². The first-order chi connectivity index (χ1) is 11.7. The summed E-state index contributed by atoms with van der Waals surface area (Å²) in [5.41, 5.74) is 0.888. The lowest BCUT2D eigenvalue weighted by Gasteiger charge is -2.22. The van der Waals surface area contributed by atoms with Crippen molar-refractivity contribution in [3.05, 3.63) is 17.6 Å². The zero-order chi connectivity index (χ0) is 16.5. The smallest absolute Gasteiger partial charge is 0.217 e. The van der Waals surface area contributed by atoms with Crippen molar-refractivity contribution in [3.8, 4) is 5.88 Å². The van der Waals surface area contributed by atoms with Crippen molar-refractivity contribution in [2.75, 3.05) is 20.2 Å². The zero-order valence-corrected chi connectivity index (χ0v) is 14.8. The summed E-state index contributed by atoms with van der Waals surface area (Å²) < 4.78 is 7.57. The fraction of sp³-hybridized carbons (Fsp3) is 0.625. The SMILES string of the molecule is COc1cc(C)nc(Sc2nnc([C@@H]3CCCNC3)n2C2CC2)n1. The molecule has 0 radical (unpaired) electrons. The van der Waals surface area contributed by atoms with Gasteiger partial charge >= 0.3 is 0 Å². The van der Waals surface area contributed by atoms with Gasteiger partial charge in [-0.25, -0.2) is 4.98 Å². The van der Waals surface area contributed by atoms with Crippen LogP contribution in [0.5, 0.6) is 5.88 Å². The Labute approximate surface area is 145 Å². The fourth-order valence-electron chi connectivity index (χ4n) is 3.13. The van der Waals surface area contributed by atoms with Crippen molar-refractivity contribution in [3.63, 3.8) is 0 Å². The standard InChI is InChI=1S/C16H22N6OS/c1-10-8-13(23-2)19-15(18-10)24-16-21-20-14(22(16)12-5-6-12)11-4-3-7-17-9-11/h8,11-12,17H,3-7,9H2,1-2H3/t11-/m1/s1. The number of hydrogen-bond acceptors (Lipinski definition) is 7. The second-order valence-electron chi connectivity index (χ2n) is 6.42. The normalized spacial score (nSPS) is 21.0. The molecule has 1 saturated heterocycles. The van der Waals surface area contributed by atoms with Gasteiger partial charge in [0.1, 0.15) is 5.82 Å². The number of nitrogens with one attached hydrogen (secondary N) is 1. The lowest BCUT2D eigenvalue weighted by atomic mass is 9.99. The van der Waals surface area contributed by atoms with E-state index in [1.807, 2.05) is 13.0 Å². The van der Waals surface area contributed by atoms with Crippen LogP contribution in [0.15, 0.2) is 16.4 Å². The lowest BCUT2D eigenvalue weighted by Crippen LogP contribution is -2.30. The molecule has 3 heterocycles. The number of aromatic nitrogens is 5. The Kier molecular flexibility index (Phi) is 4.41. The molecule has 1 N–H and O–H groups in total. The van der Waals surface area contributed by atoms with Gasteiger partial charge in [0.05, 0.1) is 7.11 Å². The van der Waals surface area contributed by atoms with Crippen molar-refractivity contribution in [2.45, 2.75) is 54.9 Å². The van der Waals surface area contributed by atoms with Crippen LogP contribution in [-0.4, -0.2) is 44.9 Å². The minimum atomic E-state index is 0.453. The van der Waals surface area contributed by atoms with Gasteiger partial charge in [-0.15, -0.1) is 10.2 Å². The molecule has 1 saturated carbocycles. The Morgan fingerprint density at radius 2 is 2.12 bits per heavy atom. The summed E-state index contributed by atoms with van der Waals surface area (Å²) >= 11 is 1.48. The third-order valence-corrected chi connectivity index (χ3v) is 5.29. The molecule has 2 aromatic rings. The van der Waals surface area contributed by atoms with Gasteiger partial charge in [-0.05, 0) is 50.9 Å². The topological polar surface area (TPSA) is 77.8 Å². The molecule has 1 aliphatic carbocycles. The number of ether oxygens (including phenoxy) is 1. The van der Waals surface area contributed by atoms with Crippen molar-refractivity contribution in [1.82, 2.24) is 30.0 Å². The number of nitrogens with zero attached hydrogens (tertiary/aromatic N) is 5. The molecule has 0 spiro atoms. The molecule has 0 bridgehead atoms. The summed E-state index contributed by atoms with van der Waals surface area (Å²) in [5, 5.41) is 14.0. The highest BCUT2D eigenvalue weighted by molar-refractivity contribution is 7.99. The van der Waals surface area contributed by atoms with E-state index in [2.05, 4.69) is 30.0 Å². The van der Waals surface area contributed by atoms with E-state index in [1.54, 1.807) is 7.11 Å². The van der Waals surface area contributed by atoms with Gasteiger partial charge in [0, 0.05) is 30.3 Å². The van der Waals surface area contributed by atoms with Crippen LogP contribution in [0.4, 0.5) is 0 Å². The van der Waals surface area contributed by atoms with E-state index >= 15 is 0 Å². The Bertz CT molecular complexity index is 723. The summed E-state index contributed by atoms with van der Waals surface area (Å²) in [5.74, 6) is 2.15. The molecule has 0 amide bonds. The predicted octanol–water partition coefficient (Wildman–Crippen LogP) is 2.34. The zero-order valence-electron chi connectivity index (χ0n) is 14.0. The predicted molar refractivity (Wildman–Crippen MR) is 90.6 cm³/mol. The quantitative estimate of drug-likeness (QED) is 0.833. The average Bonchev–Trinajstić information content (AvgIpc) is 3.36. The Morgan fingerprint density at radius 1 is 1.25 bits per heavy atom. The molecule has 7 nitrogen and oxygen atoms in total. The minimum Gasteiger partial charge on any atom is -0.481 e. The van der Waals surface area contributed by atoms with E-state index in [0.29, 0.717) is 23.0 Å². The maximum absolute atomic E-state index is 5.25. The molecule has 0 unspecified atom stereocenters. The molecule has 0 aromatic carbocycles. The van der Waals surface area contributed by atoms with Crippen LogP contribution >= 0.6 is 11.8 Å². The van der Waals surface area contributed by atoms with Crippen LogP contribution in [0.1, 0.15) is 49.2 Å². The molecule has 2 aromatic heterocycles. The van der Waals surface area contributed by atoms with E-state index in [4.69, 9.17) is 4.74 Å². The number of methoxy groups -OCH3 is 1. The largest absolute Gasteiger partial charge is 0.481 e. The van der Waals surface area contributed by atoms with E-state index < -0.39 is 0 Å². The Hall–Kier alpha value is -1.67. The number of piperidine rings is 1. The van der Waals surface area contributed by atoms with E-state index in [1.165, 1.54) is 37.4 Å². The molecule has 4 rings (SSSR count). The van der Waals surface area contributed by atoms with E-state index in [0.717, 1.165) is 29.8 Å². The number of hydrogen-bond donors (Lipinski definition) is 1. The van der Waals surface area contributed by atoms with Crippen LogP contribution in [0.25, 0.3) is 0 Å². The van der Waals surface area contributed by atoms with Gasteiger partial charge in [0.25, 0.3) is 0 Å². The maximum Gasteiger partial charge on any atom is 0.217 e. The minimum absolute atomic E-state index is 0.453. The third kappa shape index (κ3) is 3.25. The summed E-state index contributed by atoms with van der Waals surface area (Å²) in [6.07, 6.45) is 4.79. The van der Waals surface area contributed by atoms with Crippen LogP contribution in [-0.2, 0) is 0 Å². The highest BCUT2D eigenvalue weighted by Gasteiger charge is 2.33. The second-order valence-corrected chi connectivity index (χ2v) is 7.36. The molecule has 128 valence electrons. The molecule has 24 heavy (non-hydrogen) atoms. The lowest BCUT2D eigenvalue weighted by molar-refractivity contribution is 0.391. The van der Waals surface area contributed by atoms with Crippen LogP contribution in [0, 0.1) is 6.92 Å². The highest BCUT2D eigenvalue weighted by Crippen LogP contribution is 2.41. The van der Waals surface area contributed by atoms with Gasteiger partial charge in [-0.1, -0.05) is 0 Å². The highest BCUT2D eigenvalue weighted by atomic mass is 32.2. The van der Waals surface area contributed by atoms with Crippen molar-refractivity contribution in [2.24, 2.45) is 0 Å². The van der Waals surface area contributed by atoms with Gasteiger partial charge in [-0.3, -0.25) is 0 Å². The fourth-order valence-corrected chi connectivity index (χ4v) is 4.04. The molecule has 8 heteroatoms. The van der Waals surface area contributed by atoms with Gasteiger partial charge in [0.15, 0.2) is 10.3 Å². The second kappa shape index (κ2) is 6.68. The monoisotopic (exact) mass is 346 g/mol. The van der Waals surface area contributed by atoms with Gasteiger partial charge in [-0.2, -0.15) is 4.98 Å². The summed E-state index contributed by atoms with van der Waals surface area (Å²) in [6, 6.07) is 2.36. The van der Waals surface area contributed by atoms with Crippen molar-refractivity contribution >= 4 is 11.8 Å². The first-order valence-electron chi connectivity index (χ1n) is 8.47. The third-order valence-electron chi connectivity index (χ3n) is 4.47. The molecule has 1 aliphatic heterocycles. The number of aryl methyl sites for hydroxylation is 1. The summed E-state index contributed by atoms with van der Waals surface area (Å²) in [7, 11) is 1.62. The average molecular weight is 346 g/mol. The van der Waals surface area contributed by atoms with E-state index in [-0.39, 0.29) is 0 Å². The molecule has 2 aliphatic rings. The number of rotatable bonds is 5. The molecule has 2 fully saturated rings. The van der Waals surface area contributed by atoms with Crippen molar-refractivity contribution < 1.29 is 4.74 Å².